The number of hydrogen-bond acceptors (Lipinski definition) is 1. The standard InChI is InChI=1S/C50H33N/c1-32-15-5-14-26-47(32)51(35-16-3-2-4-17-35)36-28-27-33-30-43-46(31-34(33)29-36)50(44-24-12-10-20-39(44)40-21-11-13-25-45(40)50)49-42-23-9-7-19-38(42)37-18-6-8-22-41(37)48(43)49/h2-31H,1H3. The lowest BCUT2D eigenvalue weighted by atomic mass is 9.69. The zero-order chi connectivity index (χ0) is 33.7. The summed E-state index contributed by atoms with van der Waals surface area (Å²) < 4.78 is 0. The molecule has 0 saturated heterocycles. The molecule has 1 heteroatoms. The van der Waals surface area contributed by atoms with Crippen LogP contribution >= 0.6 is 0 Å². The van der Waals surface area contributed by atoms with Crippen LogP contribution in [0.5, 0.6) is 0 Å². The first kappa shape index (κ1) is 28.4. The molecule has 0 radical (unpaired) electrons. The van der Waals surface area contributed by atoms with Crippen molar-refractivity contribution in [3.8, 4) is 22.3 Å². The lowest BCUT2D eigenvalue weighted by Gasteiger charge is -2.32. The molecule has 51 heavy (non-hydrogen) atoms. The fourth-order valence-corrected chi connectivity index (χ4v) is 9.50. The van der Waals surface area contributed by atoms with Gasteiger partial charge in [-0.3, -0.25) is 0 Å². The fraction of sp³-hybridized carbons (Fsp3) is 0.0400. The van der Waals surface area contributed by atoms with E-state index in [0.717, 1.165) is 11.4 Å². The van der Waals surface area contributed by atoms with E-state index >= 15 is 0 Å². The summed E-state index contributed by atoms with van der Waals surface area (Å²) in [5.74, 6) is 0. The average molecular weight is 648 g/mol. The number of nitrogens with zero attached hydrogens (tertiary/aromatic N) is 1. The zero-order valence-corrected chi connectivity index (χ0v) is 28.3. The molecule has 0 aliphatic heterocycles. The number of fused-ring (bicyclic) bond motifs is 16. The topological polar surface area (TPSA) is 3.24 Å². The predicted molar refractivity (Wildman–Crippen MR) is 215 cm³/mol. The fourth-order valence-electron chi connectivity index (χ4n) is 9.50. The third-order valence-corrected chi connectivity index (χ3v) is 11.5. The first-order valence-electron chi connectivity index (χ1n) is 17.9. The molecule has 0 N–H and O–H groups in total. The normalized spacial score (nSPS) is 13.4. The first-order valence-corrected chi connectivity index (χ1v) is 17.9. The van der Waals surface area contributed by atoms with Gasteiger partial charge in [-0.2, -0.15) is 0 Å². The molecule has 0 heterocycles. The average Bonchev–Trinajstić information content (AvgIpc) is 3.66. The Morgan fingerprint density at radius 3 is 1.71 bits per heavy atom. The third kappa shape index (κ3) is 3.75. The molecule has 2 aliphatic carbocycles. The molecule has 11 rings (SSSR count). The zero-order valence-electron chi connectivity index (χ0n) is 28.3. The second kappa shape index (κ2) is 10.5. The van der Waals surface area contributed by atoms with E-state index in [1.54, 1.807) is 0 Å². The molecular weight excluding hydrogens is 615 g/mol. The van der Waals surface area contributed by atoms with Crippen molar-refractivity contribution in [2.75, 3.05) is 4.90 Å². The summed E-state index contributed by atoms with van der Waals surface area (Å²) >= 11 is 0. The molecule has 0 bridgehead atoms. The van der Waals surface area contributed by atoms with Gasteiger partial charge in [0, 0.05) is 17.1 Å². The molecular formula is C50H33N. The molecule has 238 valence electrons. The Morgan fingerprint density at radius 1 is 0.392 bits per heavy atom. The lowest BCUT2D eigenvalue weighted by molar-refractivity contribution is 0.803. The van der Waals surface area contributed by atoms with Crippen LogP contribution in [-0.4, -0.2) is 0 Å². The van der Waals surface area contributed by atoms with Gasteiger partial charge in [-0.25, -0.2) is 0 Å². The molecule has 1 nitrogen and oxygen atoms in total. The number of anilines is 3. The van der Waals surface area contributed by atoms with Gasteiger partial charge in [0.2, 0.25) is 0 Å². The summed E-state index contributed by atoms with van der Waals surface area (Å²) in [6.45, 7) is 2.20. The highest BCUT2D eigenvalue weighted by atomic mass is 15.1. The van der Waals surface area contributed by atoms with Gasteiger partial charge < -0.3 is 4.90 Å². The van der Waals surface area contributed by atoms with Crippen molar-refractivity contribution >= 4 is 49.4 Å². The Morgan fingerprint density at radius 2 is 0.980 bits per heavy atom. The summed E-state index contributed by atoms with van der Waals surface area (Å²) in [5.41, 5.74) is 15.1. The SMILES string of the molecule is Cc1ccccc1N(c1ccccc1)c1ccc2cc3c(cc2c1)C1(c2ccccc2-c2ccccc21)c1c-3c2ccccc2c2ccccc12. The van der Waals surface area contributed by atoms with E-state index in [1.807, 2.05) is 0 Å². The molecule has 0 atom stereocenters. The van der Waals surface area contributed by atoms with Crippen LogP contribution < -0.4 is 4.90 Å². The van der Waals surface area contributed by atoms with Gasteiger partial charge >= 0.3 is 0 Å². The van der Waals surface area contributed by atoms with Crippen LogP contribution in [0.3, 0.4) is 0 Å². The van der Waals surface area contributed by atoms with Crippen molar-refractivity contribution in [3.05, 3.63) is 210 Å². The predicted octanol–water partition coefficient (Wildman–Crippen LogP) is 13.3. The van der Waals surface area contributed by atoms with Crippen molar-refractivity contribution in [2.45, 2.75) is 12.3 Å². The van der Waals surface area contributed by atoms with Crippen LogP contribution in [0.25, 0.3) is 54.6 Å². The van der Waals surface area contributed by atoms with E-state index in [4.69, 9.17) is 0 Å². The van der Waals surface area contributed by atoms with Crippen molar-refractivity contribution < 1.29 is 0 Å². The number of aryl methyl sites for hydroxylation is 1. The Balaban J connectivity index is 1.28. The molecule has 9 aromatic carbocycles. The smallest absolute Gasteiger partial charge is 0.0731 e. The van der Waals surface area contributed by atoms with Crippen molar-refractivity contribution in [3.63, 3.8) is 0 Å². The summed E-state index contributed by atoms with van der Waals surface area (Å²) in [6.07, 6.45) is 0. The number of benzene rings is 9. The van der Waals surface area contributed by atoms with E-state index in [1.165, 1.54) is 88.1 Å². The van der Waals surface area contributed by atoms with Crippen molar-refractivity contribution in [1.82, 2.24) is 0 Å². The van der Waals surface area contributed by atoms with E-state index in [0.29, 0.717) is 0 Å². The Hall–Kier alpha value is -6.44. The number of para-hydroxylation sites is 2. The maximum Gasteiger partial charge on any atom is 0.0731 e. The molecule has 2 aliphatic rings. The summed E-state index contributed by atoms with van der Waals surface area (Å²) in [7, 11) is 0. The minimum Gasteiger partial charge on any atom is -0.310 e. The highest BCUT2D eigenvalue weighted by Gasteiger charge is 2.53. The molecule has 0 fully saturated rings. The molecule has 0 aromatic heterocycles. The summed E-state index contributed by atoms with van der Waals surface area (Å²) in [5, 5.41) is 7.75. The highest BCUT2D eigenvalue weighted by Crippen LogP contribution is 2.65. The minimum atomic E-state index is -0.458. The lowest BCUT2D eigenvalue weighted by Crippen LogP contribution is -2.26. The van der Waals surface area contributed by atoms with Crippen molar-refractivity contribution in [1.29, 1.82) is 0 Å². The Labute approximate surface area is 297 Å². The third-order valence-electron chi connectivity index (χ3n) is 11.5. The number of hydrogen-bond donors (Lipinski definition) is 0. The molecule has 0 saturated carbocycles. The van der Waals surface area contributed by atoms with Gasteiger partial charge in [0.25, 0.3) is 0 Å². The maximum absolute atomic E-state index is 2.53. The monoisotopic (exact) mass is 647 g/mol. The van der Waals surface area contributed by atoms with Crippen LogP contribution in [-0.2, 0) is 5.41 Å². The van der Waals surface area contributed by atoms with Crippen LogP contribution in [0.4, 0.5) is 17.1 Å². The Bertz CT molecular complexity index is 2840. The van der Waals surface area contributed by atoms with Crippen LogP contribution in [0.1, 0.15) is 27.8 Å². The van der Waals surface area contributed by atoms with E-state index in [2.05, 4.69) is 194 Å². The van der Waals surface area contributed by atoms with Gasteiger partial charge in [0.05, 0.1) is 5.41 Å². The maximum atomic E-state index is 2.53. The second-order valence-corrected chi connectivity index (χ2v) is 14.1. The largest absolute Gasteiger partial charge is 0.310 e. The van der Waals surface area contributed by atoms with Gasteiger partial charge in [-0.1, -0.05) is 140 Å². The van der Waals surface area contributed by atoms with Crippen molar-refractivity contribution in [2.24, 2.45) is 0 Å². The van der Waals surface area contributed by atoms with E-state index in [9.17, 15) is 0 Å². The second-order valence-electron chi connectivity index (χ2n) is 14.1. The number of rotatable bonds is 3. The van der Waals surface area contributed by atoms with Gasteiger partial charge in [0.1, 0.15) is 0 Å². The highest BCUT2D eigenvalue weighted by molar-refractivity contribution is 6.20. The minimum absolute atomic E-state index is 0.458. The first-order chi connectivity index (χ1) is 25.2. The molecule has 9 aromatic rings. The molecule has 1 spiro atoms. The van der Waals surface area contributed by atoms with E-state index < -0.39 is 5.41 Å². The quantitative estimate of drug-likeness (QED) is 0.173. The van der Waals surface area contributed by atoms with Crippen LogP contribution in [0.15, 0.2) is 182 Å². The molecule has 0 amide bonds. The molecule has 0 unspecified atom stereocenters. The Kier molecular flexibility index (Phi) is 5.86. The van der Waals surface area contributed by atoms with Crippen LogP contribution in [0, 0.1) is 6.92 Å². The van der Waals surface area contributed by atoms with Gasteiger partial charge in [-0.15, -0.1) is 0 Å². The van der Waals surface area contributed by atoms with Gasteiger partial charge in [-0.05, 0) is 132 Å². The summed E-state index contributed by atoms with van der Waals surface area (Å²) in [4.78, 5) is 2.40. The van der Waals surface area contributed by atoms with E-state index in [-0.39, 0.29) is 0 Å². The van der Waals surface area contributed by atoms with Gasteiger partial charge in [0.15, 0.2) is 0 Å². The van der Waals surface area contributed by atoms with Crippen LogP contribution in [0.2, 0.25) is 0 Å². The summed E-state index contributed by atoms with van der Waals surface area (Å²) in [6, 6.07) is 67.8.